The molecule has 0 N–H and O–H groups in total. The standard InChI is InChI=1S/C11H6BrClO/c12-11-4-1-7-5-8(13)2-3-9(7)10(11)6-14/h1-6H. The van der Waals surface area contributed by atoms with Crippen LogP contribution in [-0.2, 0) is 0 Å². The molecule has 70 valence electrons. The summed E-state index contributed by atoms with van der Waals surface area (Å²) in [7, 11) is 0. The van der Waals surface area contributed by atoms with E-state index in [0.29, 0.717) is 10.6 Å². The second kappa shape index (κ2) is 3.71. The lowest BCUT2D eigenvalue weighted by Crippen LogP contribution is -1.85. The number of rotatable bonds is 1. The van der Waals surface area contributed by atoms with Crippen molar-refractivity contribution >= 4 is 44.6 Å². The highest BCUT2D eigenvalue weighted by atomic mass is 79.9. The van der Waals surface area contributed by atoms with Gasteiger partial charge in [0.2, 0.25) is 0 Å². The van der Waals surface area contributed by atoms with Crippen LogP contribution in [0, 0.1) is 0 Å². The van der Waals surface area contributed by atoms with E-state index >= 15 is 0 Å². The summed E-state index contributed by atoms with van der Waals surface area (Å²) in [5.74, 6) is 0. The number of benzene rings is 2. The lowest BCUT2D eigenvalue weighted by Gasteiger charge is -2.03. The van der Waals surface area contributed by atoms with Gasteiger partial charge < -0.3 is 0 Å². The first-order valence-electron chi connectivity index (χ1n) is 4.05. The smallest absolute Gasteiger partial charge is 0.151 e. The maximum atomic E-state index is 10.9. The molecule has 0 saturated heterocycles. The maximum Gasteiger partial charge on any atom is 0.151 e. The van der Waals surface area contributed by atoms with Gasteiger partial charge in [0.25, 0.3) is 0 Å². The summed E-state index contributed by atoms with van der Waals surface area (Å²) in [6.45, 7) is 0. The topological polar surface area (TPSA) is 17.1 Å². The summed E-state index contributed by atoms with van der Waals surface area (Å²) in [4.78, 5) is 10.9. The fourth-order valence-corrected chi connectivity index (χ4v) is 2.04. The zero-order chi connectivity index (χ0) is 10.1. The molecule has 2 rings (SSSR count). The number of hydrogen-bond donors (Lipinski definition) is 0. The van der Waals surface area contributed by atoms with Crippen LogP contribution in [0.1, 0.15) is 10.4 Å². The Morgan fingerprint density at radius 2 is 2.00 bits per heavy atom. The number of carbonyl (C=O) groups excluding carboxylic acids is 1. The molecule has 1 nitrogen and oxygen atoms in total. The highest BCUT2D eigenvalue weighted by molar-refractivity contribution is 9.10. The Kier molecular flexibility index (Phi) is 2.57. The molecule has 0 spiro atoms. The van der Waals surface area contributed by atoms with Crippen molar-refractivity contribution in [2.24, 2.45) is 0 Å². The summed E-state index contributed by atoms with van der Waals surface area (Å²) in [6.07, 6.45) is 0.848. The minimum Gasteiger partial charge on any atom is -0.298 e. The van der Waals surface area contributed by atoms with E-state index in [9.17, 15) is 4.79 Å². The fourth-order valence-electron chi connectivity index (χ4n) is 1.42. The molecule has 3 heteroatoms. The first-order chi connectivity index (χ1) is 6.72. The minimum absolute atomic E-state index is 0.666. The number of carbonyl (C=O) groups is 1. The molecular formula is C11H6BrClO. The Balaban J connectivity index is 2.88. The average Bonchev–Trinajstić information content (AvgIpc) is 2.18. The van der Waals surface area contributed by atoms with Crippen molar-refractivity contribution in [3.05, 3.63) is 45.4 Å². The summed E-state index contributed by atoms with van der Waals surface area (Å²) in [5, 5.41) is 2.57. The molecule has 0 bridgehead atoms. The van der Waals surface area contributed by atoms with Gasteiger partial charge in [0.1, 0.15) is 0 Å². The minimum atomic E-state index is 0.666. The van der Waals surface area contributed by atoms with Gasteiger partial charge in [0.15, 0.2) is 6.29 Å². The molecule has 0 aromatic heterocycles. The van der Waals surface area contributed by atoms with Gasteiger partial charge in [-0.3, -0.25) is 4.79 Å². The zero-order valence-corrected chi connectivity index (χ0v) is 9.47. The quantitative estimate of drug-likeness (QED) is 0.713. The van der Waals surface area contributed by atoms with E-state index in [-0.39, 0.29) is 0 Å². The Morgan fingerprint density at radius 1 is 1.21 bits per heavy atom. The Hall–Kier alpha value is -0.860. The van der Waals surface area contributed by atoms with E-state index in [4.69, 9.17) is 11.6 Å². The van der Waals surface area contributed by atoms with Crippen molar-refractivity contribution in [2.75, 3.05) is 0 Å². The molecule has 0 amide bonds. The van der Waals surface area contributed by atoms with Crippen LogP contribution in [0.25, 0.3) is 10.8 Å². The molecule has 0 unspecified atom stereocenters. The van der Waals surface area contributed by atoms with Gasteiger partial charge in [0.05, 0.1) is 0 Å². The maximum absolute atomic E-state index is 10.9. The Morgan fingerprint density at radius 3 is 2.71 bits per heavy atom. The van der Waals surface area contributed by atoms with Crippen LogP contribution in [-0.4, -0.2) is 6.29 Å². The molecule has 0 saturated carbocycles. The van der Waals surface area contributed by atoms with Crippen molar-refractivity contribution in [3.8, 4) is 0 Å². The van der Waals surface area contributed by atoms with Gasteiger partial charge in [0, 0.05) is 15.1 Å². The van der Waals surface area contributed by atoms with E-state index in [2.05, 4.69) is 15.9 Å². The second-order valence-corrected chi connectivity index (χ2v) is 4.24. The lowest BCUT2D eigenvalue weighted by atomic mass is 10.1. The van der Waals surface area contributed by atoms with Crippen molar-refractivity contribution < 1.29 is 4.79 Å². The normalized spacial score (nSPS) is 10.4. The van der Waals surface area contributed by atoms with Gasteiger partial charge in [-0.1, -0.05) is 39.7 Å². The van der Waals surface area contributed by atoms with E-state index in [1.807, 2.05) is 24.3 Å². The van der Waals surface area contributed by atoms with Gasteiger partial charge in [-0.2, -0.15) is 0 Å². The molecule has 14 heavy (non-hydrogen) atoms. The second-order valence-electron chi connectivity index (χ2n) is 2.94. The molecule has 0 aliphatic rings. The summed E-state index contributed by atoms with van der Waals surface area (Å²) in [5.41, 5.74) is 0.666. The summed E-state index contributed by atoms with van der Waals surface area (Å²) in [6, 6.07) is 9.26. The molecule has 2 aromatic carbocycles. The van der Waals surface area contributed by atoms with E-state index in [1.54, 1.807) is 6.07 Å². The molecular weight excluding hydrogens is 263 g/mol. The Bertz CT molecular complexity index is 508. The number of fused-ring (bicyclic) bond motifs is 1. The molecule has 0 aliphatic heterocycles. The predicted molar refractivity (Wildman–Crippen MR) is 62.0 cm³/mol. The van der Waals surface area contributed by atoms with Crippen LogP contribution >= 0.6 is 27.5 Å². The monoisotopic (exact) mass is 268 g/mol. The fraction of sp³-hybridized carbons (Fsp3) is 0. The van der Waals surface area contributed by atoms with Crippen molar-refractivity contribution in [1.82, 2.24) is 0 Å². The van der Waals surface area contributed by atoms with E-state index < -0.39 is 0 Å². The van der Waals surface area contributed by atoms with Crippen LogP contribution in [0.15, 0.2) is 34.8 Å². The molecule has 0 atom stereocenters. The third kappa shape index (κ3) is 1.56. The molecule has 0 aliphatic carbocycles. The van der Waals surface area contributed by atoms with E-state index in [0.717, 1.165) is 21.5 Å². The van der Waals surface area contributed by atoms with Gasteiger partial charge >= 0.3 is 0 Å². The summed E-state index contributed by atoms with van der Waals surface area (Å²) < 4.78 is 0.808. The SMILES string of the molecule is O=Cc1c(Br)ccc2cc(Cl)ccc12. The largest absolute Gasteiger partial charge is 0.298 e. The van der Waals surface area contributed by atoms with Crippen molar-refractivity contribution in [2.45, 2.75) is 0 Å². The van der Waals surface area contributed by atoms with Crippen LogP contribution in [0.5, 0.6) is 0 Å². The third-order valence-corrected chi connectivity index (χ3v) is 3.01. The van der Waals surface area contributed by atoms with Crippen LogP contribution < -0.4 is 0 Å². The number of halogens is 2. The molecule has 2 aromatic rings. The molecule has 0 heterocycles. The highest BCUT2D eigenvalue weighted by Crippen LogP contribution is 2.27. The van der Waals surface area contributed by atoms with Gasteiger partial charge in [-0.15, -0.1) is 0 Å². The third-order valence-electron chi connectivity index (χ3n) is 2.09. The number of aldehydes is 1. The van der Waals surface area contributed by atoms with Gasteiger partial charge in [-0.05, 0) is 29.0 Å². The van der Waals surface area contributed by atoms with Crippen LogP contribution in [0.3, 0.4) is 0 Å². The average molecular weight is 270 g/mol. The predicted octanol–water partition coefficient (Wildman–Crippen LogP) is 4.07. The van der Waals surface area contributed by atoms with Crippen molar-refractivity contribution in [3.63, 3.8) is 0 Å². The van der Waals surface area contributed by atoms with Crippen LogP contribution in [0.4, 0.5) is 0 Å². The van der Waals surface area contributed by atoms with Crippen LogP contribution in [0.2, 0.25) is 5.02 Å². The highest BCUT2D eigenvalue weighted by Gasteiger charge is 2.04. The van der Waals surface area contributed by atoms with Gasteiger partial charge in [-0.25, -0.2) is 0 Å². The molecule has 0 radical (unpaired) electrons. The first kappa shape index (κ1) is 9.69. The number of hydrogen-bond acceptors (Lipinski definition) is 1. The lowest BCUT2D eigenvalue weighted by molar-refractivity contribution is 0.112. The first-order valence-corrected chi connectivity index (χ1v) is 5.22. The van der Waals surface area contributed by atoms with E-state index in [1.165, 1.54) is 0 Å². The van der Waals surface area contributed by atoms with Crippen molar-refractivity contribution in [1.29, 1.82) is 0 Å². The zero-order valence-electron chi connectivity index (χ0n) is 7.13. The Labute approximate surface area is 94.8 Å². The summed E-state index contributed by atoms with van der Waals surface area (Å²) >= 11 is 9.19. The molecule has 0 fully saturated rings.